The fraction of sp³-hybridized carbons (Fsp3) is 0.750. The van der Waals surface area contributed by atoms with Crippen LogP contribution < -0.4 is 38.3 Å². The molecule has 0 radical (unpaired) electrons. The van der Waals surface area contributed by atoms with E-state index in [1.807, 2.05) is 5.43 Å². The summed E-state index contributed by atoms with van der Waals surface area (Å²) in [4.78, 5) is 86.8. The number of ether oxygens (including phenoxy) is 1. The van der Waals surface area contributed by atoms with Gasteiger partial charge in [0.25, 0.3) is 10.1 Å². The van der Waals surface area contributed by atoms with E-state index < -0.39 is 81.4 Å². The van der Waals surface area contributed by atoms with Crippen LogP contribution in [0, 0.1) is 0 Å². The second-order valence-corrected chi connectivity index (χ2v) is 16.3. The predicted molar refractivity (Wildman–Crippen MR) is 195 cm³/mol. The number of carboxylic acids is 1. The molecular weight excluding hydrogens is 755 g/mol. The number of hydrazine groups is 1. The molecule has 4 atom stereocenters. The van der Waals surface area contributed by atoms with Crippen LogP contribution in [0.25, 0.3) is 0 Å². The number of unbranched alkanes of at least 4 members (excludes halogenated alkanes) is 1. The summed E-state index contributed by atoms with van der Waals surface area (Å²) in [6.07, 6.45) is 0.826. The molecule has 0 aromatic rings. The molecule has 0 aromatic carbocycles. The highest BCUT2D eigenvalue weighted by Gasteiger charge is 2.30. The van der Waals surface area contributed by atoms with Gasteiger partial charge >= 0.3 is 11.9 Å². The fourth-order valence-electron chi connectivity index (χ4n) is 3.93. The van der Waals surface area contributed by atoms with E-state index in [1.54, 1.807) is 0 Å². The molecule has 19 nitrogen and oxygen atoms in total. The Labute approximate surface area is 309 Å². The molecule has 0 aromatic heterocycles. The van der Waals surface area contributed by atoms with Crippen molar-refractivity contribution in [3.05, 3.63) is 0 Å². The second-order valence-electron chi connectivity index (χ2n) is 11.0. The first-order chi connectivity index (χ1) is 24.0. The van der Waals surface area contributed by atoms with Crippen molar-refractivity contribution in [1.82, 2.24) is 26.7 Å². The van der Waals surface area contributed by atoms with E-state index in [0.717, 1.165) is 0 Å². The Kier molecular flexibility index (Phi) is 26.5. The Balaban J connectivity index is 5.61. The average Bonchev–Trinajstić information content (AvgIpc) is 3.06. The zero-order valence-electron chi connectivity index (χ0n) is 28.7. The number of nitrogens with one attached hydrogen (secondary N) is 5. The third-order valence-electron chi connectivity index (χ3n) is 6.77. The van der Waals surface area contributed by atoms with E-state index in [0.29, 0.717) is 25.1 Å². The lowest BCUT2D eigenvalue weighted by atomic mass is 10.1. The van der Waals surface area contributed by atoms with Gasteiger partial charge in [0, 0.05) is 35.9 Å². The maximum absolute atomic E-state index is 13.5. The topological polar surface area (TPSA) is 316 Å². The van der Waals surface area contributed by atoms with Gasteiger partial charge in [-0.2, -0.15) is 20.2 Å². The minimum Gasteiger partial charge on any atom is -0.481 e. The quantitative estimate of drug-likeness (QED) is 0.00744. The van der Waals surface area contributed by atoms with Crippen LogP contribution in [0.4, 0.5) is 0 Å². The lowest BCUT2D eigenvalue weighted by molar-refractivity contribution is -0.143. The minimum absolute atomic E-state index is 0.00882. The molecule has 11 N–H and O–H groups in total. The SMILES string of the molecule is CNC(CCC(=O)O)C(=O)NC(CCCCN)C(=O)NC(CSSCCC(=O)NN)C(=O)NC(CSCCC(=O)OCCCS(=O)(=O)O)C(C)=O. The Hall–Kier alpha value is -2.67. The van der Waals surface area contributed by atoms with Crippen LogP contribution in [-0.4, -0.2) is 133 Å². The fourth-order valence-corrected chi connectivity index (χ4v) is 7.60. The Morgan fingerprint density at radius 1 is 0.784 bits per heavy atom. The molecule has 0 fully saturated rings. The number of nitrogens with two attached hydrogens (primary N) is 2. The van der Waals surface area contributed by atoms with Crippen molar-refractivity contribution in [2.75, 3.05) is 49.0 Å². The number of carbonyl (C=O) groups excluding carboxylic acids is 6. The van der Waals surface area contributed by atoms with Gasteiger partial charge in [-0.15, -0.1) is 0 Å². The number of rotatable bonds is 30. The van der Waals surface area contributed by atoms with Crippen LogP contribution in [0.15, 0.2) is 0 Å². The highest BCUT2D eigenvalue weighted by Crippen LogP contribution is 2.23. The van der Waals surface area contributed by atoms with Gasteiger partial charge in [-0.25, -0.2) is 5.84 Å². The number of thioether (sulfide) groups is 1. The summed E-state index contributed by atoms with van der Waals surface area (Å²) in [6, 6.07) is -4.19. The molecule has 0 rings (SSSR count). The molecule has 0 aliphatic heterocycles. The number of ketones is 1. The van der Waals surface area contributed by atoms with Crippen molar-refractivity contribution in [2.45, 2.75) is 82.5 Å². The van der Waals surface area contributed by atoms with E-state index in [-0.39, 0.29) is 62.4 Å². The first kappa shape index (κ1) is 48.3. The van der Waals surface area contributed by atoms with Crippen LogP contribution in [0.5, 0.6) is 0 Å². The van der Waals surface area contributed by atoms with Crippen molar-refractivity contribution >= 4 is 84.8 Å². The Morgan fingerprint density at radius 3 is 2.00 bits per heavy atom. The monoisotopic (exact) mass is 805 g/mol. The first-order valence-corrected chi connectivity index (χ1v) is 21.2. The summed E-state index contributed by atoms with van der Waals surface area (Å²) >= 11 is 1.17. The standard InChI is InChI=1S/C28H51N7O12S4/c1-18(36)21(16-48-13-10-25(40)47-12-5-15-51(44,45)46)33-28(43)22(17-50-49-14-9-23(37)35-30)34-27(42)20(6-3-4-11-29)32-26(41)19(31-2)7-8-24(38)39/h19-22,31H,3-17,29-30H2,1-2H3,(H,32,41)(H,33,43)(H,34,42)(H,35,37)(H,38,39)(H,44,45,46). The number of Topliss-reactive ketones (excluding diaryl/α,β-unsaturated/α-hetero) is 1. The van der Waals surface area contributed by atoms with Gasteiger partial charge in [-0.1, -0.05) is 21.6 Å². The van der Waals surface area contributed by atoms with Crippen LogP contribution in [-0.2, 0) is 48.4 Å². The smallest absolute Gasteiger partial charge is 0.306 e. The number of aliphatic carboxylic acids is 1. The third kappa shape index (κ3) is 25.0. The molecule has 51 heavy (non-hydrogen) atoms. The van der Waals surface area contributed by atoms with Gasteiger partial charge < -0.3 is 36.8 Å². The third-order valence-corrected chi connectivity index (χ3v) is 11.0. The number of carbonyl (C=O) groups is 7. The summed E-state index contributed by atoms with van der Waals surface area (Å²) in [5.41, 5.74) is 7.61. The lowest BCUT2D eigenvalue weighted by Gasteiger charge is -2.26. The number of amides is 4. The van der Waals surface area contributed by atoms with Crippen molar-refractivity contribution in [3.8, 4) is 0 Å². The van der Waals surface area contributed by atoms with Gasteiger partial charge in [0.1, 0.15) is 12.1 Å². The van der Waals surface area contributed by atoms with Gasteiger partial charge in [-0.05, 0) is 52.6 Å². The Morgan fingerprint density at radius 2 is 1.41 bits per heavy atom. The summed E-state index contributed by atoms with van der Waals surface area (Å²) < 4.78 is 35.2. The number of carboxylic acid groups (broad SMARTS) is 1. The maximum atomic E-state index is 13.5. The largest absolute Gasteiger partial charge is 0.481 e. The van der Waals surface area contributed by atoms with Gasteiger partial charge in [0.05, 0.1) is 30.9 Å². The molecule has 4 unspecified atom stereocenters. The van der Waals surface area contributed by atoms with Gasteiger partial charge in [0.15, 0.2) is 5.78 Å². The summed E-state index contributed by atoms with van der Waals surface area (Å²) in [5.74, 6) is 0.705. The molecule has 0 saturated heterocycles. The number of hydrogen-bond donors (Lipinski definition) is 9. The van der Waals surface area contributed by atoms with E-state index >= 15 is 0 Å². The number of likely N-dealkylation sites (N-methyl/N-ethyl adjacent to an activating group) is 1. The van der Waals surface area contributed by atoms with Crippen LogP contribution in [0.2, 0.25) is 0 Å². The molecule has 0 saturated carbocycles. The average molecular weight is 806 g/mol. The summed E-state index contributed by atoms with van der Waals surface area (Å²) in [7, 11) is -0.258. The summed E-state index contributed by atoms with van der Waals surface area (Å²) in [5, 5.41) is 19.7. The normalized spacial score (nSPS) is 13.6. The number of esters is 1. The highest BCUT2D eigenvalue weighted by atomic mass is 33.1. The molecule has 0 aliphatic carbocycles. The zero-order valence-corrected chi connectivity index (χ0v) is 31.9. The van der Waals surface area contributed by atoms with Crippen LogP contribution in [0.3, 0.4) is 0 Å². The molecule has 294 valence electrons. The predicted octanol–water partition coefficient (Wildman–Crippen LogP) is -1.68. The van der Waals surface area contributed by atoms with E-state index in [1.165, 1.54) is 47.3 Å². The Bertz CT molecular complexity index is 1250. The molecule has 0 bridgehead atoms. The van der Waals surface area contributed by atoms with Crippen molar-refractivity contribution in [1.29, 1.82) is 0 Å². The lowest BCUT2D eigenvalue weighted by Crippen LogP contribution is -2.58. The van der Waals surface area contributed by atoms with Crippen molar-refractivity contribution in [3.63, 3.8) is 0 Å². The summed E-state index contributed by atoms with van der Waals surface area (Å²) in [6.45, 7) is 1.41. The van der Waals surface area contributed by atoms with Crippen molar-refractivity contribution in [2.24, 2.45) is 11.6 Å². The molecule has 23 heteroatoms. The molecular formula is C28H51N7O12S4. The number of hydrogen-bond acceptors (Lipinski definition) is 16. The zero-order chi connectivity index (χ0) is 38.8. The van der Waals surface area contributed by atoms with Gasteiger partial charge in [0.2, 0.25) is 23.6 Å². The molecule has 4 amide bonds. The molecule has 0 aliphatic rings. The second kappa shape index (κ2) is 27.9. The van der Waals surface area contributed by atoms with E-state index in [9.17, 15) is 42.0 Å². The van der Waals surface area contributed by atoms with Crippen molar-refractivity contribution < 1.29 is 56.4 Å². The minimum atomic E-state index is -4.16. The maximum Gasteiger partial charge on any atom is 0.306 e. The molecule has 0 heterocycles. The highest BCUT2D eigenvalue weighted by molar-refractivity contribution is 8.76. The first-order valence-electron chi connectivity index (χ1n) is 16.0. The molecule has 0 spiro atoms. The van der Waals surface area contributed by atoms with Crippen LogP contribution in [0.1, 0.15) is 58.3 Å². The van der Waals surface area contributed by atoms with E-state index in [4.69, 9.17) is 26.0 Å². The van der Waals surface area contributed by atoms with Gasteiger partial charge in [-0.3, -0.25) is 43.5 Å². The van der Waals surface area contributed by atoms with E-state index in [2.05, 4.69) is 21.3 Å². The van der Waals surface area contributed by atoms with Crippen LogP contribution >= 0.6 is 33.3 Å².